The minimum absolute atomic E-state index is 0.214. The van der Waals surface area contributed by atoms with Gasteiger partial charge in [0.1, 0.15) is 11.3 Å². The van der Waals surface area contributed by atoms with Gasteiger partial charge in [0.05, 0.1) is 12.8 Å². The highest BCUT2D eigenvalue weighted by Gasteiger charge is 2.16. The number of H-pyrrole nitrogens is 1. The van der Waals surface area contributed by atoms with Gasteiger partial charge >= 0.3 is 5.69 Å². The molecule has 0 aliphatic heterocycles. The molecule has 8 heteroatoms. The predicted octanol–water partition coefficient (Wildman–Crippen LogP) is 2.75. The third-order valence-corrected chi connectivity index (χ3v) is 4.37. The Labute approximate surface area is 159 Å². The van der Waals surface area contributed by atoms with Crippen molar-refractivity contribution in [3.63, 3.8) is 0 Å². The molecule has 1 aromatic heterocycles. The number of aryl methyl sites for hydroxylation is 1. The number of aromatic amines is 1. The molecular formula is C19H16ClN3O4. The zero-order valence-electron chi connectivity index (χ0n) is 14.6. The summed E-state index contributed by atoms with van der Waals surface area (Å²) in [6.45, 7) is 1.84. The summed E-state index contributed by atoms with van der Waals surface area (Å²) in [6, 6.07) is 11.4. The Morgan fingerprint density at radius 3 is 2.67 bits per heavy atom. The van der Waals surface area contributed by atoms with E-state index in [1.165, 1.54) is 13.2 Å². The van der Waals surface area contributed by atoms with Crippen molar-refractivity contribution in [2.75, 3.05) is 12.4 Å². The van der Waals surface area contributed by atoms with Crippen molar-refractivity contribution in [2.24, 2.45) is 0 Å². The van der Waals surface area contributed by atoms with Gasteiger partial charge in [-0.25, -0.2) is 9.36 Å². The van der Waals surface area contributed by atoms with Gasteiger partial charge in [-0.05, 0) is 36.8 Å². The van der Waals surface area contributed by atoms with Gasteiger partial charge in [-0.3, -0.25) is 9.59 Å². The normalized spacial score (nSPS) is 10.5. The number of ether oxygens (including phenoxy) is 1. The Morgan fingerprint density at radius 2 is 1.96 bits per heavy atom. The van der Waals surface area contributed by atoms with E-state index in [2.05, 4.69) is 10.3 Å². The van der Waals surface area contributed by atoms with E-state index in [-0.39, 0.29) is 11.3 Å². The number of methoxy groups -OCH3 is 1. The number of halogens is 1. The first-order chi connectivity index (χ1) is 12.9. The number of carbonyl (C=O) groups excluding carboxylic acids is 1. The lowest BCUT2D eigenvalue weighted by molar-refractivity contribution is 0.102. The molecule has 0 atom stereocenters. The lowest BCUT2D eigenvalue weighted by Gasteiger charge is -2.09. The first-order valence-corrected chi connectivity index (χ1v) is 8.35. The van der Waals surface area contributed by atoms with Gasteiger partial charge in [0.15, 0.2) is 0 Å². The summed E-state index contributed by atoms with van der Waals surface area (Å²) < 4.78 is 5.99. The highest BCUT2D eigenvalue weighted by molar-refractivity contribution is 6.31. The van der Waals surface area contributed by atoms with Crippen LogP contribution >= 0.6 is 11.6 Å². The predicted molar refractivity (Wildman–Crippen MR) is 103 cm³/mol. The highest BCUT2D eigenvalue weighted by Crippen LogP contribution is 2.20. The van der Waals surface area contributed by atoms with E-state index in [0.29, 0.717) is 16.5 Å². The molecule has 2 aromatic carbocycles. The minimum Gasteiger partial charge on any atom is -0.497 e. The third-order valence-electron chi connectivity index (χ3n) is 3.96. The number of amides is 1. The second-order valence-electron chi connectivity index (χ2n) is 5.77. The summed E-state index contributed by atoms with van der Waals surface area (Å²) in [4.78, 5) is 39.9. The van der Waals surface area contributed by atoms with E-state index in [1.807, 2.05) is 6.92 Å². The fourth-order valence-corrected chi connectivity index (χ4v) is 2.67. The third kappa shape index (κ3) is 3.78. The molecule has 0 aliphatic carbocycles. The Bertz CT molecular complexity index is 1130. The molecule has 138 valence electrons. The average Bonchev–Trinajstić information content (AvgIpc) is 2.65. The Kier molecular flexibility index (Phi) is 5.14. The lowest BCUT2D eigenvalue weighted by atomic mass is 10.2. The first kappa shape index (κ1) is 18.5. The fraction of sp³-hybridized carbons (Fsp3) is 0.105. The molecule has 7 nitrogen and oxygen atoms in total. The van der Waals surface area contributed by atoms with Crippen LogP contribution in [-0.4, -0.2) is 22.6 Å². The second kappa shape index (κ2) is 7.51. The van der Waals surface area contributed by atoms with Gasteiger partial charge in [0.25, 0.3) is 11.5 Å². The molecule has 0 saturated carbocycles. The van der Waals surface area contributed by atoms with E-state index in [9.17, 15) is 14.4 Å². The van der Waals surface area contributed by atoms with Crippen LogP contribution in [0.3, 0.4) is 0 Å². The maximum Gasteiger partial charge on any atom is 0.333 e. The molecule has 1 amide bonds. The van der Waals surface area contributed by atoms with E-state index < -0.39 is 17.2 Å². The van der Waals surface area contributed by atoms with Crippen molar-refractivity contribution in [1.82, 2.24) is 9.55 Å². The number of aromatic nitrogens is 2. The molecule has 0 saturated heterocycles. The topological polar surface area (TPSA) is 93.2 Å². The van der Waals surface area contributed by atoms with Gasteiger partial charge in [0, 0.05) is 23.0 Å². The van der Waals surface area contributed by atoms with Crippen LogP contribution < -0.4 is 21.3 Å². The Hall–Kier alpha value is -3.32. The van der Waals surface area contributed by atoms with Gasteiger partial charge in [-0.15, -0.1) is 0 Å². The fourth-order valence-electron chi connectivity index (χ4n) is 2.49. The second-order valence-corrected chi connectivity index (χ2v) is 6.17. The summed E-state index contributed by atoms with van der Waals surface area (Å²) in [7, 11) is 1.47. The molecule has 2 N–H and O–H groups in total. The minimum atomic E-state index is -0.747. The number of nitrogens with zero attached hydrogens (tertiary/aromatic N) is 1. The molecule has 27 heavy (non-hydrogen) atoms. The standard InChI is InChI=1S/C19H16ClN3O4/c1-11-6-7-12(8-16(11)20)22-17(24)15-10-21-19(26)23(18(15)25)13-4-3-5-14(9-13)27-2/h3-10H,1-2H3,(H,21,26)(H,22,24). The maximum absolute atomic E-state index is 12.8. The molecule has 3 rings (SSSR count). The van der Waals surface area contributed by atoms with Gasteiger partial charge in [0.2, 0.25) is 0 Å². The number of carbonyl (C=O) groups is 1. The van der Waals surface area contributed by atoms with Gasteiger partial charge in [-0.2, -0.15) is 0 Å². The van der Waals surface area contributed by atoms with Crippen LogP contribution in [0, 0.1) is 6.92 Å². The van der Waals surface area contributed by atoms with Crippen molar-refractivity contribution in [3.8, 4) is 11.4 Å². The maximum atomic E-state index is 12.8. The molecule has 1 heterocycles. The van der Waals surface area contributed by atoms with E-state index in [1.54, 1.807) is 36.4 Å². The van der Waals surface area contributed by atoms with Crippen molar-refractivity contribution in [2.45, 2.75) is 6.92 Å². The number of hydrogen-bond donors (Lipinski definition) is 2. The number of nitrogens with one attached hydrogen (secondary N) is 2. The molecule has 0 aliphatic rings. The van der Waals surface area contributed by atoms with Gasteiger partial charge in [-0.1, -0.05) is 23.7 Å². The Morgan fingerprint density at radius 1 is 1.19 bits per heavy atom. The average molecular weight is 386 g/mol. The van der Waals surface area contributed by atoms with Crippen LogP contribution in [0.2, 0.25) is 5.02 Å². The quantitative estimate of drug-likeness (QED) is 0.722. The number of hydrogen-bond acceptors (Lipinski definition) is 4. The summed E-state index contributed by atoms with van der Waals surface area (Å²) in [5, 5.41) is 3.09. The van der Waals surface area contributed by atoms with Crippen LogP contribution in [-0.2, 0) is 0 Å². The van der Waals surface area contributed by atoms with Crippen LogP contribution in [0.25, 0.3) is 5.69 Å². The van der Waals surface area contributed by atoms with E-state index >= 15 is 0 Å². The summed E-state index contributed by atoms with van der Waals surface area (Å²) in [5.41, 5.74) is -0.0399. The zero-order chi connectivity index (χ0) is 19.6. The van der Waals surface area contributed by atoms with Crippen LogP contribution in [0.15, 0.2) is 58.3 Å². The van der Waals surface area contributed by atoms with Crippen molar-refractivity contribution in [3.05, 3.63) is 85.6 Å². The highest BCUT2D eigenvalue weighted by atomic mass is 35.5. The number of anilines is 1. The monoisotopic (exact) mass is 385 g/mol. The number of benzene rings is 2. The van der Waals surface area contributed by atoms with Crippen molar-refractivity contribution in [1.29, 1.82) is 0 Å². The van der Waals surface area contributed by atoms with Crippen molar-refractivity contribution < 1.29 is 9.53 Å². The van der Waals surface area contributed by atoms with Gasteiger partial charge < -0.3 is 15.0 Å². The first-order valence-electron chi connectivity index (χ1n) is 7.97. The van der Waals surface area contributed by atoms with Crippen LogP contribution in [0.4, 0.5) is 5.69 Å². The molecule has 0 fully saturated rings. The Balaban J connectivity index is 2.01. The molecule has 0 spiro atoms. The van der Waals surface area contributed by atoms with E-state index in [0.717, 1.165) is 16.3 Å². The number of rotatable bonds is 4. The van der Waals surface area contributed by atoms with E-state index in [4.69, 9.17) is 16.3 Å². The SMILES string of the molecule is COc1cccc(-n2c(=O)[nH]cc(C(=O)Nc3ccc(C)c(Cl)c3)c2=O)c1. The lowest BCUT2D eigenvalue weighted by Crippen LogP contribution is -2.38. The summed E-state index contributed by atoms with van der Waals surface area (Å²) >= 11 is 6.05. The van der Waals surface area contributed by atoms with Crippen LogP contribution in [0.5, 0.6) is 5.75 Å². The molecule has 0 radical (unpaired) electrons. The summed E-state index contributed by atoms with van der Waals surface area (Å²) in [5.74, 6) is -0.184. The van der Waals surface area contributed by atoms with Crippen LogP contribution in [0.1, 0.15) is 15.9 Å². The van der Waals surface area contributed by atoms with Crippen molar-refractivity contribution >= 4 is 23.2 Å². The molecular weight excluding hydrogens is 370 g/mol. The largest absolute Gasteiger partial charge is 0.497 e. The molecule has 3 aromatic rings. The smallest absolute Gasteiger partial charge is 0.333 e. The molecule has 0 unspecified atom stereocenters. The summed E-state index contributed by atoms with van der Waals surface area (Å²) in [6.07, 6.45) is 1.09. The zero-order valence-corrected chi connectivity index (χ0v) is 15.3. The molecule has 0 bridgehead atoms.